The largest absolute Gasteiger partial charge is 0.395 e. The minimum Gasteiger partial charge on any atom is -0.395 e. The van der Waals surface area contributed by atoms with E-state index in [1.807, 2.05) is 43.4 Å². The summed E-state index contributed by atoms with van der Waals surface area (Å²) in [4.78, 5) is 0. The number of aliphatic hydroxyl groups excluding tert-OH is 1. The summed E-state index contributed by atoms with van der Waals surface area (Å²) in [5, 5.41) is 14.7. The van der Waals surface area contributed by atoms with Crippen molar-refractivity contribution in [3.05, 3.63) is 71.8 Å². The minimum absolute atomic E-state index is 0.201. The molecule has 108 valence electrons. The summed E-state index contributed by atoms with van der Waals surface area (Å²) in [6.07, 6.45) is 0. The molecule has 0 unspecified atom stereocenters. The van der Waals surface area contributed by atoms with Crippen molar-refractivity contribution in [2.75, 3.05) is 20.2 Å². The predicted octanol–water partition coefficient (Wildman–Crippen LogP) is 2.17. The molecular formula is C17H24N2O. The summed E-state index contributed by atoms with van der Waals surface area (Å²) in [5.74, 6) is 0. The molecule has 3 N–H and O–H groups in total. The molecule has 0 aliphatic heterocycles. The van der Waals surface area contributed by atoms with Gasteiger partial charge in [-0.15, -0.1) is 0 Å². The summed E-state index contributed by atoms with van der Waals surface area (Å²) >= 11 is 0. The zero-order valence-corrected chi connectivity index (χ0v) is 12.0. The maximum Gasteiger partial charge on any atom is 0.0556 e. The highest BCUT2D eigenvalue weighted by Gasteiger charge is 1.87. The lowest BCUT2D eigenvalue weighted by atomic mass is 10.2. The number of nitrogens with one attached hydrogen (secondary N) is 2. The molecule has 0 bridgehead atoms. The minimum atomic E-state index is 0.201. The summed E-state index contributed by atoms with van der Waals surface area (Å²) in [5.41, 5.74) is 2.58. The normalized spacial score (nSPS) is 9.70. The van der Waals surface area contributed by atoms with Crippen LogP contribution in [-0.2, 0) is 13.1 Å². The van der Waals surface area contributed by atoms with Crippen LogP contribution >= 0.6 is 0 Å². The Kier molecular flexibility index (Phi) is 9.15. The fourth-order valence-electron chi connectivity index (χ4n) is 1.71. The zero-order valence-electron chi connectivity index (χ0n) is 12.0. The van der Waals surface area contributed by atoms with Gasteiger partial charge in [-0.3, -0.25) is 0 Å². The van der Waals surface area contributed by atoms with Gasteiger partial charge >= 0.3 is 0 Å². The molecule has 2 rings (SSSR count). The van der Waals surface area contributed by atoms with Crippen molar-refractivity contribution in [3.63, 3.8) is 0 Å². The van der Waals surface area contributed by atoms with E-state index in [9.17, 15) is 0 Å². The topological polar surface area (TPSA) is 44.3 Å². The average Bonchev–Trinajstić information content (AvgIpc) is 2.51. The van der Waals surface area contributed by atoms with Gasteiger partial charge in [0.25, 0.3) is 0 Å². The summed E-state index contributed by atoms with van der Waals surface area (Å²) in [6, 6.07) is 20.5. The Morgan fingerprint density at radius 2 is 1.30 bits per heavy atom. The molecule has 0 saturated heterocycles. The SMILES string of the molecule is CNCc1ccccc1.OCCNCc1ccccc1. The van der Waals surface area contributed by atoms with Gasteiger partial charge in [0.2, 0.25) is 0 Å². The van der Waals surface area contributed by atoms with Gasteiger partial charge in [0.05, 0.1) is 6.61 Å². The third-order valence-corrected chi connectivity index (χ3v) is 2.68. The molecule has 0 aromatic heterocycles. The van der Waals surface area contributed by atoms with E-state index < -0.39 is 0 Å². The molecule has 0 heterocycles. The van der Waals surface area contributed by atoms with E-state index in [2.05, 4.69) is 34.9 Å². The molecule has 2 aromatic carbocycles. The van der Waals surface area contributed by atoms with Crippen LogP contribution in [0.4, 0.5) is 0 Å². The molecule has 3 heteroatoms. The molecule has 20 heavy (non-hydrogen) atoms. The van der Waals surface area contributed by atoms with E-state index in [1.54, 1.807) is 0 Å². The van der Waals surface area contributed by atoms with Crippen LogP contribution in [0, 0.1) is 0 Å². The van der Waals surface area contributed by atoms with Gasteiger partial charge < -0.3 is 15.7 Å². The first kappa shape index (κ1) is 16.4. The van der Waals surface area contributed by atoms with Crippen molar-refractivity contribution in [3.8, 4) is 0 Å². The van der Waals surface area contributed by atoms with Crippen LogP contribution in [0.5, 0.6) is 0 Å². The van der Waals surface area contributed by atoms with Gasteiger partial charge in [-0.1, -0.05) is 60.7 Å². The van der Waals surface area contributed by atoms with Crippen molar-refractivity contribution in [1.82, 2.24) is 10.6 Å². The van der Waals surface area contributed by atoms with Crippen molar-refractivity contribution in [2.45, 2.75) is 13.1 Å². The highest BCUT2D eigenvalue weighted by molar-refractivity contribution is 5.14. The Morgan fingerprint density at radius 3 is 1.75 bits per heavy atom. The second-order valence-corrected chi connectivity index (χ2v) is 4.40. The molecule has 0 aliphatic carbocycles. The zero-order chi connectivity index (χ0) is 14.5. The molecule has 0 spiro atoms. The van der Waals surface area contributed by atoms with Gasteiger partial charge in [0.15, 0.2) is 0 Å². The maximum absolute atomic E-state index is 8.48. The molecular weight excluding hydrogens is 248 g/mol. The van der Waals surface area contributed by atoms with Crippen LogP contribution in [0.15, 0.2) is 60.7 Å². The quantitative estimate of drug-likeness (QED) is 0.706. The number of benzene rings is 2. The summed E-state index contributed by atoms with van der Waals surface area (Å²) in [6.45, 7) is 2.66. The fourth-order valence-corrected chi connectivity index (χ4v) is 1.71. The summed E-state index contributed by atoms with van der Waals surface area (Å²) in [7, 11) is 1.95. The third-order valence-electron chi connectivity index (χ3n) is 2.68. The molecule has 3 nitrogen and oxygen atoms in total. The Labute approximate surface area is 121 Å². The second-order valence-electron chi connectivity index (χ2n) is 4.40. The average molecular weight is 272 g/mol. The summed E-state index contributed by atoms with van der Waals surface area (Å²) < 4.78 is 0. The van der Waals surface area contributed by atoms with E-state index in [0.29, 0.717) is 6.54 Å². The molecule has 0 atom stereocenters. The molecule has 0 saturated carbocycles. The van der Waals surface area contributed by atoms with Crippen molar-refractivity contribution in [2.24, 2.45) is 0 Å². The Morgan fingerprint density at radius 1 is 0.800 bits per heavy atom. The van der Waals surface area contributed by atoms with Gasteiger partial charge in [-0.05, 0) is 18.2 Å². The molecule has 0 fully saturated rings. The highest BCUT2D eigenvalue weighted by Crippen LogP contribution is 1.96. The van der Waals surface area contributed by atoms with Crippen molar-refractivity contribution >= 4 is 0 Å². The van der Waals surface area contributed by atoms with Crippen LogP contribution in [0.3, 0.4) is 0 Å². The van der Waals surface area contributed by atoms with Gasteiger partial charge in [-0.2, -0.15) is 0 Å². The lowest BCUT2D eigenvalue weighted by Crippen LogP contribution is -2.17. The highest BCUT2D eigenvalue weighted by atomic mass is 16.3. The fraction of sp³-hybridized carbons (Fsp3) is 0.294. The van der Waals surface area contributed by atoms with Crippen LogP contribution in [0.2, 0.25) is 0 Å². The van der Waals surface area contributed by atoms with E-state index >= 15 is 0 Å². The van der Waals surface area contributed by atoms with E-state index in [-0.39, 0.29) is 6.61 Å². The lowest BCUT2D eigenvalue weighted by molar-refractivity contribution is 0.292. The Balaban J connectivity index is 0.000000204. The van der Waals surface area contributed by atoms with Gasteiger partial charge in [0.1, 0.15) is 0 Å². The second kappa shape index (κ2) is 11.2. The predicted molar refractivity (Wildman–Crippen MR) is 84.4 cm³/mol. The third kappa shape index (κ3) is 7.69. The number of hydrogen-bond donors (Lipinski definition) is 3. The van der Waals surface area contributed by atoms with E-state index in [0.717, 1.165) is 13.1 Å². The maximum atomic E-state index is 8.48. The lowest BCUT2D eigenvalue weighted by Gasteiger charge is -2.01. The first-order chi connectivity index (χ1) is 9.86. The first-order valence-electron chi connectivity index (χ1n) is 6.91. The van der Waals surface area contributed by atoms with Crippen molar-refractivity contribution < 1.29 is 5.11 Å². The Hall–Kier alpha value is -1.68. The first-order valence-corrected chi connectivity index (χ1v) is 6.91. The molecule has 0 radical (unpaired) electrons. The molecule has 2 aromatic rings. The van der Waals surface area contributed by atoms with E-state index in [1.165, 1.54) is 11.1 Å². The van der Waals surface area contributed by atoms with Gasteiger partial charge in [0, 0.05) is 19.6 Å². The van der Waals surface area contributed by atoms with Gasteiger partial charge in [-0.25, -0.2) is 0 Å². The van der Waals surface area contributed by atoms with Crippen molar-refractivity contribution in [1.29, 1.82) is 0 Å². The number of hydrogen-bond acceptors (Lipinski definition) is 3. The number of aliphatic hydroxyl groups is 1. The van der Waals surface area contributed by atoms with E-state index in [4.69, 9.17) is 5.11 Å². The van der Waals surface area contributed by atoms with Crippen LogP contribution in [-0.4, -0.2) is 25.3 Å². The Bertz CT molecular complexity index is 431. The molecule has 0 amide bonds. The molecule has 0 aliphatic rings. The number of rotatable bonds is 6. The monoisotopic (exact) mass is 272 g/mol. The van der Waals surface area contributed by atoms with Crippen LogP contribution in [0.25, 0.3) is 0 Å². The smallest absolute Gasteiger partial charge is 0.0556 e. The van der Waals surface area contributed by atoms with Crippen LogP contribution in [0.1, 0.15) is 11.1 Å². The standard InChI is InChI=1S/C9H13NO.C8H11N/c11-7-6-10-8-9-4-2-1-3-5-9;1-9-7-8-5-3-2-4-6-8/h1-5,10-11H,6-8H2;2-6,9H,7H2,1H3. The van der Waals surface area contributed by atoms with Crippen LogP contribution < -0.4 is 10.6 Å².